The van der Waals surface area contributed by atoms with E-state index in [0.29, 0.717) is 44.2 Å². The lowest BCUT2D eigenvalue weighted by Gasteiger charge is -2.42. The van der Waals surface area contributed by atoms with Crippen LogP contribution in [0.15, 0.2) is 30.3 Å². The smallest absolute Gasteiger partial charge is 0.410 e. The number of terminal acetylenes is 1. The van der Waals surface area contributed by atoms with E-state index in [1.807, 2.05) is 4.90 Å². The van der Waals surface area contributed by atoms with Gasteiger partial charge in [-0.1, -0.05) is 12.0 Å². The molecule has 10 nitrogen and oxygen atoms in total. The number of carbonyl (C=O) groups excluding carboxylic acids is 2. The number of hydrogen-bond acceptors (Lipinski definition) is 9. The van der Waals surface area contributed by atoms with E-state index >= 15 is 13.2 Å². The number of hydrogen-bond donors (Lipinski definition) is 0. The summed E-state index contributed by atoms with van der Waals surface area (Å²) < 4.78 is 71.0. The van der Waals surface area contributed by atoms with Gasteiger partial charge in [0.2, 0.25) is 0 Å². The molecule has 2 unspecified atom stereocenters. The van der Waals surface area contributed by atoms with Crippen LogP contribution in [0.1, 0.15) is 52.0 Å². The molecule has 1 aromatic heterocycles. The molecular formula is C38H37F3N4O6. The molecule has 7 rings (SSSR count). The molecule has 13 heteroatoms. The number of methoxy groups -OCH3 is 1. The number of nitrogens with zero attached hydrogens (tertiary/aromatic N) is 4. The quantitative estimate of drug-likeness (QED) is 0.106. The van der Waals surface area contributed by atoms with Crippen molar-refractivity contribution < 1.29 is 41.7 Å². The van der Waals surface area contributed by atoms with Gasteiger partial charge in [0, 0.05) is 36.5 Å². The fourth-order valence-corrected chi connectivity index (χ4v) is 7.03. The Labute approximate surface area is 292 Å². The van der Waals surface area contributed by atoms with E-state index in [1.165, 1.54) is 25.3 Å². The van der Waals surface area contributed by atoms with Gasteiger partial charge in [-0.3, -0.25) is 4.90 Å². The maximum Gasteiger partial charge on any atom is 0.410 e. The Bertz CT molecular complexity index is 2090. The molecular weight excluding hydrogens is 665 g/mol. The predicted molar refractivity (Wildman–Crippen MR) is 183 cm³/mol. The molecule has 0 spiro atoms. The van der Waals surface area contributed by atoms with Crippen LogP contribution in [0.3, 0.4) is 0 Å². The molecule has 0 radical (unpaired) electrons. The van der Waals surface area contributed by atoms with Crippen LogP contribution in [0, 0.1) is 35.2 Å². The van der Waals surface area contributed by atoms with E-state index in [4.69, 9.17) is 25.4 Å². The lowest BCUT2D eigenvalue weighted by molar-refractivity contribution is -0.113. The van der Waals surface area contributed by atoms with Crippen molar-refractivity contribution in [1.82, 2.24) is 14.9 Å². The average Bonchev–Trinajstić information content (AvgIpc) is 3.82. The first-order valence-corrected chi connectivity index (χ1v) is 16.8. The zero-order valence-electron chi connectivity index (χ0n) is 28.7. The number of halogens is 3. The molecule has 2 aliphatic heterocycles. The minimum Gasteiger partial charge on any atom is -0.468 e. The van der Waals surface area contributed by atoms with Crippen molar-refractivity contribution in [2.75, 3.05) is 38.5 Å². The highest BCUT2D eigenvalue weighted by atomic mass is 19.1. The monoisotopic (exact) mass is 702 g/mol. The van der Waals surface area contributed by atoms with E-state index in [-0.39, 0.29) is 70.5 Å². The summed E-state index contributed by atoms with van der Waals surface area (Å²) in [5, 5.41) is 0.574. The third-order valence-electron chi connectivity index (χ3n) is 9.66. The topological polar surface area (TPSA) is 103 Å². The lowest BCUT2D eigenvalue weighted by atomic mass is 9.92. The van der Waals surface area contributed by atoms with Gasteiger partial charge in [-0.2, -0.15) is 9.97 Å². The first-order chi connectivity index (χ1) is 24.3. The lowest BCUT2D eigenvalue weighted by Crippen LogP contribution is -2.57. The van der Waals surface area contributed by atoms with Crippen LogP contribution in [-0.4, -0.2) is 78.5 Å². The van der Waals surface area contributed by atoms with Gasteiger partial charge in [-0.25, -0.2) is 18.0 Å². The maximum atomic E-state index is 17.1. The number of anilines is 1. The number of piperazine rings is 1. The first-order valence-electron chi connectivity index (χ1n) is 16.8. The summed E-state index contributed by atoms with van der Waals surface area (Å²) in [5.41, 5.74) is -2.32. The highest BCUT2D eigenvalue weighted by Crippen LogP contribution is 2.45. The van der Waals surface area contributed by atoms with E-state index in [0.717, 1.165) is 12.4 Å². The van der Waals surface area contributed by atoms with E-state index in [9.17, 15) is 9.59 Å². The Morgan fingerprint density at radius 1 is 1.06 bits per heavy atom. The van der Waals surface area contributed by atoms with Crippen LogP contribution in [-0.2, 0) is 14.3 Å². The van der Waals surface area contributed by atoms with Gasteiger partial charge in [0.25, 0.3) is 0 Å². The molecule has 2 bridgehead atoms. The van der Waals surface area contributed by atoms with Crippen LogP contribution in [0.25, 0.3) is 32.8 Å². The minimum absolute atomic E-state index is 0.0108. The van der Waals surface area contributed by atoms with Crippen molar-refractivity contribution >= 4 is 39.9 Å². The Morgan fingerprint density at radius 2 is 1.78 bits per heavy atom. The third-order valence-corrected chi connectivity index (χ3v) is 9.66. The third kappa shape index (κ3) is 6.37. The molecule has 3 fully saturated rings. The van der Waals surface area contributed by atoms with Crippen molar-refractivity contribution in [1.29, 1.82) is 0 Å². The number of aromatic nitrogens is 2. The number of aldehydes is 1. The number of carbonyl (C=O) groups is 2. The normalized spacial score (nSPS) is 19.3. The summed E-state index contributed by atoms with van der Waals surface area (Å²) in [6.07, 6.45) is 8.84. The summed E-state index contributed by atoms with van der Waals surface area (Å²) in [6, 6.07) is 6.07. The van der Waals surface area contributed by atoms with Crippen LogP contribution < -0.4 is 14.4 Å². The highest BCUT2D eigenvalue weighted by molar-refractivity contribution is 6.04. The second-order valence-corrected chi connectivity index (χ2v) is 14.4. The zero-order valence-corrected chi connectivity index (χ0v) is 28.7. The summed E-state index contributed by atoms with van der Waals surface area (Å²) in [6.45, 7) is 5.89. The summed E-state index contributed by atoms with van der Waals surface area (Å²) in [5.74, 6) is -0.00259. The number of ether oxygens (including phenoxy) is 4. The van der Waals surface area contributed by atoms with E-state index in [2.05, 4.69) is 15.9 Å². The largest absolute Gasteiger partial charge is 0.468 e. The molecule has 2 atom stereocenters. The van der Waals surface area contributed by atoms with Crippen molar-refractivity contribution in [2.45, 2.75) is 64.1 Å². The van der Waals surface area contributed by atoms with Gasteiger partial charge in [-0.15, -0.1) is 6.42 Å². The van der Waals surface area contributed by atoms with Crippen molar-refractivity contribution in [3.8, 4) is 35.2 Å². The molecule has 3 aromatic carbocycles. The van der Waals surface area contributed by atoms with Gasteiger partial charge in [0.05, 0.1) is 28.6 Å². The first kappa shape index (κ1) is 34.4. The molecule has 51 heavy (non-hydrogen) atoms. The molecule has 266 valence electrons. The van der Waals surface area contributed by atoms with E-state index < -0.39 is 40.1 Å². The SMILES string of the molecule is C#Cc1c(F)ccc2cc(OCOC)cc(-c3c(F)cc4c(N5CC6CCC(C5)N6C(=O)OC(C)(C)C)nc(OCC5(C=O)CC5)nc4c3F)c12. The second-order valence-electron chi connectivity index (χ2n) is 14.4. The maximum absolute atomic E-state index is 17.1. The zero-order chi connectivity index (χ0) is 36.2. The summed E-state index contributed by atoms with van der Waals surface area (Å²) in [7, 11) is 1.43. The van der Waals surface area contributed by atoms with Crippen molar-refractivity contribution in [3.63, 3.8) is 0 Å². The van der Waals surface area contributed by atoms with Crippen LogP contribution in [0.2, 0.25) is 0 Å². The summed E-state index contributed by atoms with van der Waals surface area (Å²) >= 11 is 0. The highest BCUT2D eigenvalue weighted by Gasteiger charge is 2.46. The predicted octanol–water partition coefficient (Wildman–Crippen LogP) is 6.78. The Balaban J connectivity index is 1.38. The number of fused-ring (bicyclic) bond motifs is 4. The Kier molecular flexibility index (Phi) is 8.70. The minimum atomic E-state index is -1.05. The van der Waals surface area contributed by atoms with Crippen LogP contribution in [0.4, 0.5) is 23.8 Å². The molecule has 1 aliphatic carbocycles. The molecule has 1 saturated carbocycles. The fourth-order valence-electron chi connectivity index (χ4n) is 7.03. The molecule has 3 heterocycles. The molecule has 1 amide bonds. The van der Waals surface area contributed by atoms with Crippen LogP contribution in [0.5, 0.6) is 11.8 Å². The molecule has 4 aromatic rings. The van der Waals surface area contributed by atoms with Gasteiger partial charge < -0.3 is 28.6 Å². The van der Waals surface area contributed by atoms with Gasteiger partial charge in [-0.05, 0) is 76.1 Å². The second kappa shape index (κ2) is 12.9. The number of benzene rings is 3. The standard InChI is InChI=1S/C38H37F3N4O6/c1-6-25-28(39)10-7-21-13-24(50-20-48-5)14-26(30(21)25)31-29(40)15-27-33(32(31)41)42-35(49-19-38(18-46)11-12-38)43-34(27)44-16-22-8-9-23(17-44)45(22)36(47)51-37(2,3)4/h1,7,10,13-15,18,22-23H,8-9,11-12,16-17,19-20H2,2-5H3. The van der Waals surface area contributed by atoms with Gasteiger partial charge >= 0.3 is 12.1 Å². The van der Waals surface area contributed by atoms with E-state index in [1.54, 1.807) is 31.7 Å². The fraction of sp³-hybridized carbons (Fsp3) is 0.421. The Hall–Kier alpha value is -5.09. The van der Waals surface area contributed by atoms with Gasteiger partial charge in [0.15, 0.2) is 12.6 Å². The molecule has 0 N–H and O–H groups in total. The van der Waals surface area contributed by atoms with Crippen LogP contribution >= 0.6 is 0 Å². The summed E-state index contributed by atoms with van der Waals surface area (Å²) in [4.78, 5) is 37.6. The number of rotatable bonds is 9. The Morgan fingerprint density at radius 3 is 2.41 bits per heavy atom. The molecule has 3 aliphatic rings. The van der Waals surface area contributed by atoms with Crippen molar-refractivity contribution in [3.05, 3.63) is 53.3 Å². The average molecular weight is 703 g/mol. The van der Waals surface area contributed by atoms with Gasteiger partial charge in [0.1, 0.15) is 47.2 Å². The number of amides is 1. The van der Waals surface area contributed by atoms with Crippen molar-refractivity contribution in [2.24, 2.45) is 5.41 Å². The molecule has 2 saturated heterocycles.